The number of morpholine rings is 1. The first-order valence-electron chi connectivity index (χ1n) is 6.58. The number of likely N-dealkylation sites (tertiary alicyclic amines) is 1. The lowest BCUT2D eigenvalue weighted by atomic mass is 10.1. The zero-order valence-corrected chi connectivity index (χ0v) is 10.5. The van der Waals surface area contributed by atoms with Gasteiger partial charge in [-0.15, -0.1) is 0 Å². The predicted molar refractivity (Wildman–Crippen MR) is 70.9 cm³/mol. The molecule has 1 aromatic heterocycles. The Hall–Kier alpha value is -1.94. The second-order valence-electron chi connectivity index (χ2n) is 5.21. The number of hydrogen-bond acceptors (Lipinski definition) is 3. The molecule has 19 heavy (non-hydrogen) atoms. The highest BCUT2D eigenvalue weighted by Gasteiger charge is 2.41. The van der Waals surface area contributed by atoms with Crippen molar-refractivity contribution in [3.63, 3.8) is 0 Å². The van der Waals surface area contributed by atoms with Gasteiger partial charge in [-0.05, 0) is 30.7 Å². The zero-order chi connectivity index (χ0) is 12.8. The summed E-state index contributed by atoms with van der Waals surface area (Å²) in [5.41, 5.74) is 1.67. The van der Waals surface area contributed by atoms with Gasteiger partial charge < -0.3 is 9.64 Å². The molecule has 4 heteroatoms. The molecule has 2 aliphatic rings. The molecule has 0 N–H and O–H groups in total. The van der Waals surface area contributed by atoms with E-state index >= 15 is 0 Å². The van der Waals surface area contributed by atoms with E-state index < -0.39 is 0 Å². The van der Waals surface area contributed by atoms with Crippen LogP contribution in [0.2, 0.25) is 0 Å². The van der Waals surface area contributed by atoms with Crippen LogP contribution in [0, 0.1) is 0 Å². The number of rotatable bonds is 1. The third-order valence-electron chi connectivity index (χ3n) is 4.01. The van der Waals surface area contributed by atoms with Gasteiger partial charge in [0.05, 0.1) is 24.3 Å². The van der Waals surface area contributed by atoms with Gasteiger partial charge >= 0.3 is 0 Å². The molecule has 1 aromatic carbocycles. The van der Waals surface area contributed by atoms with Crippen LogP contribution in [0.5, 0.6) is 0 Å². The average Bonchev–Trinajstić information content (AvgIpc) is 3.08. The van der Waals surface area contributed by atoms with E-state index in [-0.39, 0.29) is 18.1 Å². The smallest absolute Gasteiger partial charge is 0.254 e. The second-order valence-corrected chi connectivity index (χ2v) is 5.21. The number of fused-ring (bicyclic) bond motifs is 3. The lowest BCUT2D eigenvalue weighted by Crippen LogP contribution is -2.41. The molecule has 1 amide bonds. The number of aromatic nitrogens is 1. The van der Waals surface area contributed by atoms with Crippen LogP contribution in [0.4, 0.5) is 0 Å². The third-order valence-corrected chi connectivity index (χ3v) is 4.01. The molecule has 2 bridgehead atoms. The number of carbonyl (C=O) groups is 1. The maximum absolute atomic E-state index is 12.5. The predicted octanol–water partition coefficient (Wildman–Crippen LogP) is 1.85. The van der Waals surface area contributed by atoms with Crippen molar-refractivity contribution >= 4 is 16.8 Å². The second kappa shape index (κ2) is 4.03. The Balaban J connectivity index is 1.68. The molecule has 0 radical (unpaired) electrons. The Morgan fingerprint density at radius 3 is 3.11 bits per heavy atom. The summed E-state index contributed by atoms with van der Waals surface area (Å²) in [6, 6.07) is 9.85. The van der Waals surface area contributed by atoms with Gasteiger partial charge in [-0.25, -0.2) is 0 Å². The number of ether oxygens (including phenoxy) is 1. The van der Waals surface area contributed by atoms with Crippen molar-refractivity contribution in [1.29, 1.82) is 0 Å². The molecule has 3 heterocycles. The van der Waals surface area contributed by atoms with Gasteiger partial charge in [0, 0.05) is 23.7 Å². The van der Waals surface area contributed by atoms with Crippen LogP contribution in [0.25, 0.3) is 10.9 Å². The van der Waals surface area contributed by atoms with Crippen molar-refractivity contribution in [2.75, 3.05) is 13.2 Å². The van der Waals surface area contributed by atoms with E-state index in [4.69, 9.17) is 4.74 Å². The molecule has 2 aliphatic heterocycles. The minimum absolute atomic E-state index is 0.113. The molecule has 4 nitrogen and oxygen atoms in total. The van der Waals surface area contributed by atoms with E-state index in [2.05, 4.69) is 4.98 Å². The van der Waals surface area contributed by atoms with Gasteiger partial charge in [0.25, 0.3) is 5.91 Å². The van der Waals surface area contributed by atoms with Crippen LogP contribution in [0.1, 0.15) is 16.8 Å². The van der Waals surface area contributed by atoms with Crippen LogP contribution in [-0.4, -0.2) is 41.1 Å². The number of hydrogen-bond donors (Lipinski definition) is 0. The normalized spacial score (nSPS) is 25.2. The quantitative estimate of drug-likeness (QED) is 0.780. The van der Waals surface area contributed by atoms with Crippen LogP contribution in [0.15, 0.2) is 36.5 Å². The highest BCUT2D eigenvalue weighted by Crippen LogP contribution is 2.29. The van der Waals surface area contributed by atoms with E-state index in [1.807, 2.05) is 35.2 Å². The first-order valence-corrected chi connectivity index (χ1v) is 6.58. The lowest BCUT2D eigenvalue weighted by molar-refractivity contribution is 0.0259. The van der Waals surface area contributed by atoms with Gasteiger partial charge in [-0.2, -0.15) is 0 Å². The summed E-state index contributed by atoms with van der Waals surface area (Å²) in [7, 11) is 0. The van der Waals surface area contributed by atoms with Crippen LogP contribution in [-0.2, 0) is 4.74 Å². The average molecular weight is 254 g/mol. The molecule has 4 rings (SSSR count). The molecule has 96 valence electrons. The summed E-state index contributed by atoms with van der Waals surface area (Å²) in [6.07, 6.45) is 3.00. The minimum Gasteiger partial charge on any atom is -0.374 e. The molecule has 0 unspecified atom stereocenters. The van der Waals surface area contributed by atoms with Gasteiger partial charge in [0.2, 0.25) is 0 Å². The van der Waals surface area contributed by atoms with E-state index in [0.29, 0.717) is 6.61 Å². The topological polar surface area (TPSA) is 42.4 Å². The van der Waals surface area contributed by atoms with Crippen molar-refractivity contribution < 1.29 is 9.53 Å². The Morgan fingerprint density at radius 2 is 2.32 bits per heavy atom. The highest BCUT2D eigenvalue weighted by molar-refractivity contribution is 5.98. The van der Waals surface area contributed by atoms with Crippen molar-refractivity contribution in [3.05, 3.63) is 42.1 Å². The SMILES string of the molecule is O=C(c1ccc2ncccc2c1)N1C[C@H]2C[C@H]1CO2. The summed E-state index contributed by atoms with van der Waals surface area (Å²) in [4.78, 5) is 18.8. The maximum atomic E-state index is 12.5. The van der Waals surface area contributed by atoms with Crippen LogP contribution < -0.4 is 0 Å². The molecule has 2 saturated heterocycles. The first kappa shape index (κ1) is 10.9. The Bertz CT molecular complexity index is 655. The monoisotopic (exact) mass is 254 g/mol. The molecular weight excluding hydrogens is 240 g/mol. The van der Waals surface area contributed by atoms with E-state index in [9.17, 15) is 4.79 Å². The molecule has 2 fully saturated rings. The van der Waals surface area contributed by atoms with E-state index in [1.165, 1.54) is 0 Å². The van der Waals surface area contributed by atoms with E-state index in [1.54, 1.807) is 6.20 Å². The minimum atomic E-state index is 0.113. The van der Waals surface area contributed by atoms with Gasteiger partial charge in [-0.1, -0.05) is 6.07 Å². The van der Waals surface area contributed by atoms with Gasteiger partial charge in [0.15, 0.2) is 0 Å². The van der Waals surface area contributed by atoms with Crippen LogP contribution in [0.3, 0.4) is 0 Å². The number of amides is 1. The standard InChI is InChI=1S/C15H14N2O2/c18-15(17-8-13-7-12(17)9-19-13)11-3-4-14-10(6-11)2-1-5-16-14/h1-6,12-13H,7-9H2/t12-,13+/m0/s1. The fourth-order valence-corrected chi connectivity index (χ4v) is 3.02. The molecule has 0 spiro atoms. The highest BCUT2D eigenvalue weighted by atomic mass is 16.5. The number of carbonyl (C=O) groups excluding carboxylic acids is 1. The summed E-state index contributed by atoms with van der Waals surface area (Å²) in [5.74, 6) is 0.113. The maximum Gasteiger partial charge on any atom is 0.254 e. The van der Waals surface area contributed by atoms with Gasteiger partial charge in [-0.3, -0.25) is 9.78 Å². The summed E-state index contributed by atoms with van der Waals surface area (Å²) >= 11 is 0. The Kier molecular flexibility index (Phi) is 2.32. The largest absolute Gasteiger partial charge is 0.374 e. The molecule has 0 saturated carbocycles. The number of pyridine rings is 1. The van der Waals surface area contributed by atoms with Crippen molar-refractivity contribution in [1.82, 2.24) is 9.88 Å². The van der Waals surface area contributed by atoms with Crippen LogP contribution >= 0.6 is 0 Å². The summed E-state index contributed by atoms with van der Waals surface area (Å²) < 4.78 is 5.53. The fraction of sp³-hybridized carbons (Fsp3) is 0.333. The van der Waals surface area contributed by atoms with Crippen molar-refractivity contribution in [2.45, 2.75) is 18.6 Å². The molecule has 0 aliphatic carbocycles. The Labute approximate surface area is 111 Å². The fourth-order valence-electron chi connectivity index (χ4n) is 3.02. The Morgan fingerprint density at radius 1 is 1.37 bits per heavy atom. The zero-order valence-electron chi connectivity index (χ0n) is 10.5. The van der Waals surface area contributed by atoms with Crippen molar-refractivity contribution in [3.8, 4) is 0 Å². The third kappa shape index (κ3) is 1.71. The lowest BCUT2D eigenvalue weighted by Gasteiger charge is -2.27. The number of benzene rings is 1. The molecular formula is C15H14N2O2. The van der Waals surface area contributed by atoms with Crippen molar-refractivity contribution in [2.24, 2.45) is 0 Å². The summed E-state index contributed by atoms with van der Waals surface area (Å²) in [6.45, 7) is 1.42. The first-order chi connectivity index (χ1) is 9.31. The summed E-state index contributed by atoms with van der Waals surface area (Å²) in [5, 5.41) is 1.01. The van der Waals surface area contributed by atoms with E-state index in [0.717, 1.165) is 29.4 Å². The molecule has 2 aromatic rings. The number of nitrogens with zero attached hydrogens (tertiary/aromatic N) is 2. The van der Waals surface area contributed by atoms with Gasteiger partial charge in [0.1, 0.15) is 0 Å². The molecule has 2 atom stereocenters.